The summed E-state index contributed by atoms with van der Waals surface area (Å²) in [5.74, 6) is 2.94. The highest BCUT2D eigenvalue weighted by molar-refractivity contribution is 5.83. The lowest BCUT2D eigenvalue weighted by molar-refractivity contribution is 0.408. The number of pyridine rings is 1. The first kappa shape index (κ1) is 16.1. The molecule has 0 amide bonds. The van der Waals surface area contributed by atoms with Crippen molar-refractivity contribution in [3.63, 3.8) is 0 Å². The van der Waals surface area contributed by atoms with Gasteiger partial charge in [-0.25, -0.2) is 9.97 Å². The van der Waals surface area contributed by atoms with Crippen molar-refractivity contribution in [3.8, 4) is 17.1 Å². The molecule has 130 valence electrons. The second-order valence-electron chi connectivity index (χ2n) is 5.85. The number of nitrogens with one attached hydrogen (secondary N) is 1. The van der Waals surface area contributed by atoms with Crippen molar-refractivity contribution >= 4 is 16.8 Å². The van der Waals surface area contributed by atoms with Gasteiger partial charge in [0.15, 0.2) is 11.3 Å². The molecule has 3 aromatic heterocycles. The molecule has 6 nitrogen and oxygen atoms in total. The third kappa shape index (κ3) is 3.21. The fourth-order valence-corrected chi connectivity index (χ4v) is 2.82. The number of fused-ring (bicyclic) bond motifs is 1. The highest BCUT2D eigenvalue weighted by Crippen LogP contribution is 2.28. The lowest BCUT2D eigenvalue weighted by Gasteiger charge is -2.07. The van der Waals surface area contributed by atoms with E-state index in [1.54, 1.807) is 13.3 Å². The molecule has 0 saturated heterocycles. The van der Waals surface area contributed by atoms with Gasteiger partial charge in [0.1, 0.15) is 17.4 Å². The summed E-state index contributed by atoms with van der Waals surface area (Å²) in [5.41, 5.74) is 2.35. The van der Waals surface area contributed by atoms with E-state index in [0.717, 1.165) is 39.7 Å². The van der Waals surface area contributed by atoms with E-state index in [1.165, 1.54) is 0 Å². The Morgan fingerprint density at radius 1 is 1.04 bits per heavy atom. The normalized spacial score (nSPS) is 10.8. The molecule has 26 heavy (non-hydrogen) atoms. The second-order valence-corrected chi connectivity index (χ2v) is 5.85. The molecule has 0 aliphatic heterocycles. The van der Waals surface area contributed by atoms with Crippen molar-refractivity contribution < 1.29 is 9.15 Å². The fourth-order valence-electron chi connectivity index (χ4n) is 2.82. The molecule has 0 fully saturated rings. The number of rotatable bonds is 5. The van der Waals surface area contributed by atoms with Gasteiger partial charge in [-0.1, -0.05) is 18.2 Å². The molecule has 0 saturated carbocycles. The number of hydrogen-bond acceptors (Lipinski definition) is 6. The number of para-hydroxylation sites is 1. The Hall–Kier alpha value is -3.41. The van der Waals surface area contributed by atoms with Crippen LogP contribution < -0.4 is 10.1 Å². The van der Waals surface area contributed by atoms with Crippen LogP contribution in [0.2, 0.25) is 0 Å². The van der Waals surface area contributed by atoms with Crippen LogP contribution in [0.1, 0.15) is 11.6 Å². The van der Waals surface area contributed by atoms with Gasteiger partial charge in [0.05, 0.1) is 25.0 Å². The summed E-state index contributed by atoms with van der Waals surface area (Å²) in [7, 11) is 1.64. The van der Waals surface area contributed by atoms with Crippen LogP contribution in [0.5, 0.6) is 5.75 Å². The zero-order valence-corrected chi connectivity index (χ0v) is 14.6. The van der Waals surface area contributed by atoms with Gasteiger partial charge in [-0.3, -0.25) is 4.98 Å². The summed E-state index contributed by atoms with van der Waals surface area (Å²) in [4.78, 5) is 13.3. The van der Waals surface area contributed by atoms with Crippen molar-refractivity contribution in [1.82, 2.24) is 15.0 Å². The standard InChI is InChI=1S/C20H18N4O2/c1-13-23-17(16-7-3-4-9-21-16)11-19(24-13)22-12-15-10-14-6-5-8-18(25-2)20(14)26-15/h3-11H,12H2,1-2H3,(H,22,23,24). The Morgan fingerprint density at radius 3 is 2.77 bits per heavy atom. The second kappa shape index (κ2) is 6.84. The first-order valence-corrected chi connectivity index (χ1v) is 8.29. The summed E-state index contributed by atoms with van der Waals surface area (Å²) in [5, 5.41) is 4.31. The van der Waals surface area contributed by atoms with Gasteiger partial charge in [0, 0.05) is 17.6 Å². The SMILES string of the molecule is COc1cccc2cc(CNc3cc(-c4ccccn4)nc(C)n3)oc12. The fraction of sp³-hybridized carbons (Fsp3) is 0.150. The zero-order chi connectivity index (χ0) is 17.9. The first-order chi connectivity index (χ1) is 12.7. The van der Waals surface area contributed by atoms with E-state index in [9.17, 15) is 0 Å². The van der Waals surface area contributed by atoms with Crippen molar-refractivity contribution in [2.24, 2.45) is 0 Å². The van der Waals surface area contributed by atoms with Crippen LogP contribution in [0.15, 0.2) is 59.1 Å². The molecule has 0 atom stereocenters. The molecule has 0 radical (unpaired) electrons. The molecule has 0 aliphatic rings. The van der Waals surface area contributed by atoms with E-state index in [0.29, 0.717) is 12.4 Å². The Kier molecular flexibility index (Phi) is 4.23. The quantitative estimate of drug-likeness (QED) is 0.583. The Bertz CT molecular complexity index is 1040. The topological polar surface area (TPSA) is 73.1 Å². The van der Waals surface area contributed by atoms with E-state index in [4.69, 9.17) is 9.15 Å². The number of hydrogen-bond donors (Lipinski definition) is 1. The molecular formula is C20H18N4O2. The monoisotopic (exact) mass is 346 g/mol. The molecule has 4 rings (SSSR count). The van der Waals surface area contributed by atoms with E-state index in [-0.39, 0.29) is 0 Å². The van der Waals surface area contributed by atoms with Gasteiger partial charge < -0.3 is 14.5 Å². The predicted octanol–water partition coefficient (Wildman–Crippen LogP) is 4.21. The Morgan fingerprint density at radius 2 is 1.96 bits per heavy atom. The summed E-state index contributed by atoms with van der Waals surface area (Å²) in [6.07, 6.45) is 1.75. The first-order valence-electron chi connectivity index (χ1n) is 8.29. The van der Waals surface area contributed by atoms with Gasteiger partial charge in [-0.15, -0.1) is 0 Å². The number of ether oxygens (including phenoxy) is 1. The minimum atomic E-state index is 0.510. The van der Waals surface area contributed by atoms with Gasteiger partial charge in [-0.05, 0) is 31.2 Å². The zero-order valence-electron chi connectivity index (χ0n) is 14.6. The average Bonchev–Trinajstić information content (AvgIpc) is 3.10. The highest BCUT2D eigenvalue weighted by Gasteiger charge is 2.10. The van der Waals surface area contributed by atoms with E-state index < -0.39 is 0 Å². The average molecular weight is 346 g/mol. The van der Waals surface area contributed by atoms with Crippen LogP contribution >= 0.6 is 0 Å². The molecule has 0 aliphatic carbocycles. The minimum absolute atomic E-state index is 0.510. The smallest absolute Gasteiger partial charge is 0.176 e. The largest absolute Gasteiger partial charge is 0.493 e. The molecular weight excluding hydrogens is 328 g/mol. The summed E-state index contributed by atoms with van der Waals surface area (Å²) < 4.78 is 11.3. The highest BCUT2D eigenvalue weighted by atomic mass is 16.5. The molecule has 4 aromatic rings. The maximum absolute atomic E-state index is 5.91. The van der Waals surface area contributed by atoms with Gasteiger partial charge >= 0.3 is 0 Å². The van der Waals surface area contributed by atoms with E-state index in [1.807, 2.05) is 55.5 Å². The van der Waals surface area contributed by atoms with Crippen molar-refractivity contribution in [1.29, 1.82) is 0 Å². The predicted molar refractivity (Wildman–Crippen MR) is 100 cm³/mol. The number of benzene rings is 1. The number of anilines is 1. The van der Waals surface area contributed by atoms with Crippen LogP contribution in [-0.2, 0) is 6.54 Å². The van der Waals surface area contributed by atoms with Crippen LogP contribution in [0.25, 0.3) is 22.4 Å². The lowest BCUT2D eigenvalue weighted by Crippen LogP contribution is -2.03. The van der Waals surface area contributed by atoms with Crippen LogP contribution in [0.3, 0.4) is 0 Å². The third-order valence-corrected chi connectivity index (χ3v) is 3.99. The minimum Gasteiger partial charge on any atom is -0.493 e. The summed E-state index contributed by atoms with van der Waals surface area (Å²) >= 11 is 0. The number of aromatic nitrogens is 3. The van der Waals surface area contributed by atoms with Crippen LogP contribution in [0, 0.1) is 6.92 Å². The maximum atomic E-state index is 5.91. The third-order valence-electron chi connectivity index (χ3n) is 3.99. The summed E-state index contributed by atoms with van der Waals surface area (Å²) in [6.45, 7) is 2.37. The van der Waals surface area contributed by atoms with Gasteiger partial charge in [0.2, 0.25) is 0 Å². The molecule has 1 aromatic carbocycles. The molecule has 0 unspecified atom stereocenters. The van der Waals surface area contributed by atoms with Crippen molar-refractivity contribution in [2.75, 3.05) is 12.4 Å². The van der Waals surface area contributed by atoms with Crippen LogP contribution in [-0.4, -0.2) is 22.1 Å². The van der Waals surface area contributed by atoms with Gasteiger partial charge in [0.25, 0.3) is 0 Å². The molecule has 6 heteroatoms. The number of methoxy groups -OCH3 is 1. The number of nitrogens with zero attached hydrogens (tertiary/aromatic N) is 3. The Labute approximate surface area is 150 Å². The Balaban J connectivity index is 1.57. The van der Waals surface area contributed by atoms with Crippen molar-refractivity contribution in [2.45, 2.75) is 13.5 Å². The van der Waals surface area contributed by atoms with E-state index in [2.05, 4.69) is 20.3 Å². The van der Waals surface area contributed by atoms with E-state index >= 15 is 0 Å². The number of furan rings is 1. The molecule has 3 heterocycles. The van der Waals surface area contributed by atoms with Gasteiger partial charge in [-0.2, -0.15) is 0 Å². The van der Waals surface area contributed by atoms with Crippen LogP contribution in [0.4, 0.5) is 5.82 Å². The lowest BCUT2D eigenvalue weighted by atomic mass is 10.2. The molecule has 0 bridgehead atoms. The van der Waals surface area contributed by atoms with Crippen molar-refractivity contribution in [3.05, 3.63) is 66.3 Å². The molecule has 1 N–H and O–H groups in total. The maximum Gasteiger partial charge on any atom is 0.176 e. The summed E-state index contributed by atoms with van der Waals surface area (Å²) in [6, 6.07) is 15.5. The molecule has 0 spiro atoms. The number of aryl methyl sites for hydroxylation is 1.